The Kier molecular flexibility index (Phi) is 7.09. The van der Waals surface area contributed by atoms with Gasteiger partial charge in [0, 0.05) is 17.2 Å². The molecule has 1 aliphatic rings. The topological polar surface area (TPSA) is 26.3 Å². The Morgan fingerprint density at radius 3 is 2.11 bits per heavy atom. The zero-order chi connectivity index (χ0) is 19.8. The van der Waals surface area contributed by atoms with E-state index >= 15 is 0 Å². The molecule has 0 aliphatic heterocycles. The molecule has 0 saturated heterocycles. The van der Waals surface area contributed by atoms with Gasteiger partial charge in [-0.1, -0.05) is 50.3 Å². The molecule has 0 unspecified atom stereocenters. The smallest absolute Gasteiger partial charge is 0.335 e. The highest BCUT2D eigenvalue weighted by atomic mass is 16.5. The summed E-state index contributed by atoms with van der Waals surface area (Å²) < 4.78 is 5.07. The van der Waals surface area contributed by atoms with Crippen LogP contribution in [0.4, 0.5) is 0 Å². The average molecular weight is 373 g/mol. The Morgan fingerprint density at radius 1 is 1.00 bits per heavy atom. The van der Waals surface area contributed by atoms with Gasteiger partial charge in [-0.3, -0.25) is 0 Å². The summed E-state index contributed by atoms with van der Waals surface area (Å²) in [7, 11) is 0. The lowest BCUT2D eigenvalue weighted by Crippen LogP contribution is -2.13. The fourth-order valence-corrected chi connectivity index (χ4v) is 3.94. The molecule has 0 heterocycles. The number of hydrogen-bond acceptors (Lipinski definition) is 2. The van der Waals surface area contributed by atoms with Gasteiger partial charge < -0.3 is 4.74 Å². The predicted molar refractivity (Wildman–Crippen MR) is 114 cm³/mol. The van der Waals surface area contributed by atoms with Crippen LogP contribution in [0.2, 0.25) is 0 Å². The number of rotatable bonds is 5. The van der Waals surface area contributed by atoms with Crippen molar-refractivity contribution in [1.29, 1.82) is 0 Å². The lowest BCUT2D eigenvalue weighted by molar-refractivity contribution is -0.128. The number of hydrogen-bond donors (Lipinski definition) is 0. The van der Waals surface area contributed by atoms with Crippen LogP contribution in [0.15, 0.2) is 61.2 Å². The number of ether oxygens (including phenoxy) is 1. The van der Waals surface area contributed by atoms with Gasteiger partial charge in [0.05, 0.1) is 0 Å². The van der Waals surface area contributed by atoms with Crippen molar-refractivity contribution < 1.29 is 9.53 Å². The van der Waals surface area contributed by atoms with E-state index in [2.05, 4.69) is 49.6 Å². The summed E-state index contributed by atoms with van der Waals surface area (Å²) in [5.41, 5.74) is 3.36. The lowest BCUT2D eigenvalue weighted by atomic mass is 9.77. The molecule has 3 rings (SSSR count). The zero-order valence-electron chi connectivity index (χ0n) is 16.6. The average Bonchev–Trinajstić information content (AvgIpc) is 2.74. The number of benzene rings is 2. The molecule has 0 spiro atoms. The molecule has 144 valence electrons. The number of esters is 1. The highest BCUT2D eigenvalue weighted by molar-refractivity contribution is 5.83. The van der Waals surface area contributed by atoms with E-state index in [1.807, 2.05) is 12.1 Å². The molecule has 0 bridgehead atoms. The first-order chi connectivity index (χ1) is 13.7. The van der Waals surface area contributed by atoms with Crippen LogP contribution in [0.25, 0.3) is 0 Å². The van der Waals surface area contributed by atoms with Crippen LogP contribution in [-0.4, -0.2) is 5.97 Å². The van der Waals surface area contributed by atoms with Gasteiger partial charge in [-0.2, -0.15) is 0 Å². The van der Waals surface area contributed by atoms with E-state index in [9.17, 15) is 4.79 Å². The SMILES string of the molecule is C=CC(=O)Oc1ccc(C#Cc2ccc(C3CCC(CCC)CC3)cc2)cc1. The third-order valence-corrected chi connectivity index (χ3v) is 5.52. The van der Waals surface area contributed by atoms with Crippen LogP contribution < -0.4 is 4.74 Å². The van der Waals surface area contributed by atoms with Crippen molar-refractivity contribution in [3.8, 4) is 17.6 Å². The van der Waals surface area contributed by atoms with Gasteiger partial charge in [0.2, 0.25) is 0 Å². The second kappa shape index (κ2) is 9.95. The van der Waals surface area contributed by atoms with Crippen LogP contribution in [-0.2, 0) is 4.79 Å². The van der Waals surface area contributed by atoms with Gasteiger partial charge >= 0.3 is 5.97 Å². The van der Waals surface area contributed by atoms with Crippen LogP contribution >= 0.6 is 0 Å². The lowest BCUT2D eigenvalue weighted by Gasteiger charge is -2.28. The molecule has 2 aromatic carbocycles. The van der Waals surface area contributed by atoms with E-state index in [4.69, 9.17) is 4.74 Å². The molecule has 0 atom stereocenters. The van der Waals surface area contributed by atoms with Gasteiger partial charge in [0.15, 0.2) is 0 Å². The fraction of sp³-hybridized carbons (Fsp3) is 0.346. The van der Waals surface area contributed by atoms with E-state index in [0.29, 0.717) is 11.7 Å². The van der Waals surface area contributed by atoms with Gasteiger partial charge in [-0.25, -0.2) is 4.79 Å². The Morgan fingerprint density at radius 2 is 1.57 bits per heavy atom. The number of carbonyl (C=O) groups is 1. The highest BCUT2D eigenvalue weighted by Gasteiger charge is 2.21. The summed E-state index contributed by atoms with van der Waals surface area (Å²) in [6, 6.07) is 15.9. The van der Waals surface area contributed by atoms with Crippen molar-refractivity contribution in [1.82, 2.24) is 0 Å². The second-order valence-electron chi connectivity index (χ2n) is 7.53. The van der Waals surface area contributed by atoms with Crippen molar-refractivity contribution in [2.24, 2.45) is 5.92 Å². The molecule has 28 heavy (non-hydrogen) atoms. The van der Waals surface area contributed by atoms with Crippen LogP contribution in [0.3, 0.4) is 0 Å². The molecule has 1 fully saturated rings. The molecule has 2 nitrogen and oxygen atoms in total. The van der Waals surface area contributed by atoms with Crippen molar-refractivity contribution in [3.63, 3.8) is 0 Å². The Hall–Kier alpha value is -2.79. The maximum atomic E-state index is 11.2. The maximum Gasteiger partial charge on any atom is 0.335 e. The molecular formula is C26H28O2. The summed E-state index contributed by atoms with van der Waals surface area (Å²) in [4.78, 5) is 11.2. The molecule has 1 aliphatic carbocycles. The van der Waals surface area contributed by atoms with Gasteiger partial charge in [-0.05, 0) is 79.5 Å². The van der Waals surface area contributed by atoms with Gasteiger partial charge in [0.1, 0.15) is 5.75 Å². The Bertz CT molecular complexity index is 842. The normalized spacial score (nSPS) is 18.6. The molecular weight excluding hydrogens is 344 g/mol. The first kappa shape index (κ1) is 20.0. The third-order valence-electron chi connectivity index (χ3n) is 5.52. The largest absolute Gasteiger partial charge is 0.423 e. The Balaban J connectivity index is 1.58. The minimum atomic E-state index is -0.460. The highest BCUT2D eigenvalue weighted by Crippen LogP contribution is 2.37. The molecule has 2 aromatic rings. The van der Waals surface area contributed by atoms with E-state index in [1.165, 1.54) is 44.1 Å². The summed E-state index contributed by atoms with van der Waals surface area (Å²) >= 11 is 0. The molecule has 0 amide bonds. The maximum absolute atomic E-state index is 11.2. The third kappa shape index (κ3) is 5.60. The van der Waals surface area contributed by atoms with E-state index < -0.39 is 5.97 Å². The van der Waals surface area contributed by atoms with Gasteiger partial charge in [-0.15, -0.1) is 0 Å². The van der Waals surface area contributed by atoms with E-state index in [1.54, 1.807) is 12.1 Å². The first-order valence-electron chi connectivity index (χ1n) is 10.2. The standard InChI is InChI=1S/C26H28O2/c1-3-5-20-8-14-23(15-9-20)24-16-10-21(11-17-24)6-7-22-12-18-25(19-13-22)28-26(27)4-2/h4,10-13,16-20,23H,2-3,5,8-9,14-15H2,1H3. The second-order valence-corrected chi connectivity index (χ2v) is 7.53. The Labute approximate surface area is 168 Å². The summed E-state index contributed by atoms with van der Waals surface area (Å²) in [5, 5.41) is 0. The van der Waals surface area contributed by atoms with Crippen molar-refractivity contribution in [2.45, 2.75) is 51.4 Å². The summed E-state index contributed by atoms with van der Waals surface area (Å²) in [6.07, 6.45) is 9.23. The summed E-state index contributed by atoms with van der Waals surface area (Å²) in [6.45, 7) is 5.68. The monoisotopic (exact) mass is 372 g/mol. The fourth-order valence-electron chi connectivity index (χ4n) is 3.94. The predicted octanol–water partition coefficient (Wildman–Crippen LogP) is 6.25. The van der Waals surface area contributed by atoms with E-state index in [0.717, 1.165) is 23.1 Å². The minimum absolute atomic E-state index is 0.460. The van der Waals surface area contributed by atoms with E-state index in [-0.39, 0.29) is 0 Å². The van der Waals surface area contributed by atoms with Crippen molar-refractivity contribution in [2.75, 3.05) is 0 Å². The molecule has 0 N–H and O–H groups in total. The molecule has 2 heteroatoms. The molecule has 0 aromatic heterocycles. The van der Waals surface area contributed by atoms with Crippen LogP contribution in [0, 0.1) is 17.8 Å². The molecule has 1 saturated carbocycles. The van der Waals surface area contributed by atoms with Gasteiger partial charge in [0.25, 0.3) is 0 Å². The molecule has 0 radical (unpaired) electrons. The zero-order valence-corrected chi connectivity index (χ0v) is 16.6. The van der Waals surface area contributed by atoms with Crippen LogP contribution in [0.1, 0.15) is 68.1 Å². The minimum Gasteiger partial charge on any atom is -0.423 e. The van der Waals surface area contributed by atoms with Crippen molar-refractivity contribution >= 4 is 5.97 Å². The first-order valence-corrected chi connectivity index (χ1v) is 10.2. The quantitative estimate of drug-likeness (QED) is 0.268. The van der Waals surface area contributed by atoms with Crippen LogP contribution in [0.5, 0.6) is 5.75 Å². The van der Waals surface area contributed by atoms with Crippen molar-refractivity contribution in [3.05, 3.63) is 77.9 Å². The number of carbonyl (C=O) groups excluding carboxylic acids is 1. The summed E-state index contributed by atoms with van der Waals surface area (Å²) in [5.74, 6) is 8.06.